The van der Waals surface area contributed by atoms with Crippen molar-refractivity contribution < 1.29 is 4.79 Å². The molecule has 1 aliphatic carbocycles. The number of hydrogen-bond acceptors (Lipinski definition) is 3. The van der Waals surface area contributed by atoms with Crippen LogP contribution in [-0.4, -0.2) is 53.2 Å². The lowest BCUT2D eigenvalue weighted by atomic mass is 10.1. The van der Waals surface area contributed by atoms with Crippen LogP contribution in [0.3, 0.4) is 0 Å². The van der Waals surface area contributed by atoms with Gasteiger partial charge in [-0.05, 0) is 63.0 Å². The number of hydrogen-bond donors (Lipinski definition) is 1. The Labute approximate surface area is 146 Å². The first-order chi connectivity index (χ1) is 10.6. The Kier molecular flexibility index (Phi) is 5.15. The molecule has 1 amide bonds. The molecule has 1 aliphatic heterocycles. The molecule has 1 aromatic carbocycles. The van der Waals surface area contributed by atoms with Crippen LogP contribution in [0.25, 0.3) is 0 Å². The van der Waals surface area contributed by atoms with Crippen molar-refractivity contribution in [1.82, 2.24) is 9.80 Å². The van der Waals surface area contributed by atoms with Crippen molar-refractivity contribution in [3.8, 4) is 0 Å². The molecule has 3 atom stereocenters. The van der Waals surface area contributed by atoms with E-state index in [9.17, 15) is 4.79 Å². The molecule has 1 saturated heterocycles. The monoisotopic (exact) mass is 382 g/mol. The third kappa shape index (κ3) is 3.36. The Morgan fingerprint density at radius 2 is 1.86 bits per heavy atom. The van der Waals surface area contributed by atoms with Crippen molar-refractivity contribution in [3.05, 3.63) is 34.3 Å². The fourth-order valence-corrected chi connectivity index (χ4v) is 4.49. The predicted octanol–water partition coefficient (Wildman–Crippen LogP) is 3.45. The largest absolute Gasteiger partial charge is 0.337 e. The normalized spacial score (nSPS) is 29.0. The highest BCUT2D eigenvalue weighted by Gasteiger charge is 2.40. The van der Waals surface area contributed by atoms with Crippen LogP contribution >= 0.6 is 28.6 Å². The van der Waals surface area contributed by atoms with Crippen molar-refractivity contribution in [3.63, 3.8) is 0 Å². The van der Waals surface area contributed by atoms with E-state index in [1.165, 1.54) is 25.9 Å². The van der Waals surface area contributed by atoms with Gasteiger partial charge in [-0.1, -0.05) is 15.9 Å². The van der Waals surface area contributed by atoms with Crippen LogP contribution in [0.4, 0.5) is 0 Å². The van der Waals surface area contributed by atoms with Crippen LogP contribution in [0.1, 0.15) is 36.0 Å². The lowest BCUT2D eigenvalue weighted by Crippen LogP contribution is -2.48. The summed E-state index contributed by atoms with van der Waals surface area (Å²) in [6.07, 6.45) is 4.64. The van der Waals surface area contributed by atoms with E-state index in [2.05, 4.69) is 20.8 Å². The summed E-state index contributed by atoms with van der Waals surface area (Å²) < 4.78 is 0.998. The lowest BCUT2D eigenvalue weighted by Gasteiger charge is -2.35. The average molecular weight is 383 g/mol. The Hall–Kier alpha value is -0.520. The Bertz CT molecular complexity index is 530. The minimum atomic E-state index is 0.115. The van der Waals surface area contributed by atoms with Crippen molar-refractivity contribution in [2.75, 3.05) is 20.1 Å². The van der Waals surface area contributed by atoms with Crippen LogP contribution in [0.5, 0.6) is 0 Å². The molecule has 2 fully saturated rings. The number of likely N-dealkylation sites (tertiary alicyclic amines) is 1. The third-order valence-electron chi connectivity index (χ3n) is 4.99. The summed E-state index contributed by atoms with van der Waals surface area (Å²) in [7, 11) is 1.95. The molecule has 0 spiro atoms. The minimum Gasteiger partial charge on any atom is -0.337 e. The van der Waals surface area contributed by atoms with Crippen molar-refractivity contribution in [1.29, 1.82) is 0 Å². The van der Waals surface area contributed by atoms with E-state index < -0.39 is 0 Å². The first-order valence-corrected chi connectivity index (χ1v) is 9.32. The molecule has 1 aromatic rings. The average Bonchev–Trinajstić information content (AvgIpc) is 3.15. The molecule has 3 rings (SSSR count). The molecule has 1 heterocycles. The second kappa shape index (κ2) is 6.93. The summed E-state index contributed by atoms with van der Waals surface area (Å²) in [6.45, 7) is 2.34. The summed E-state index contributed by atoms with van der Waals surface area (Å²) in [4.78, 5) is 17.3. The summed E-state index contributed by atoms with van der Waals surface area (Å²) >= 11 is 8.11. The van der Waals surface area contributed by atoms with Crippen LogP contribution in [-0.2, 0) is 0 Å². The van der Waals surface area contributed by atoms with E-state index in [0.29, 0.717) is 11.3 Å². The fraction of sp³-hybridized carbons (Fsp3) is 0.588. The van der Waals surface area contributed by atoms with E-state index in [1.54, 1.807) is 0 Å². The minimum absolute atomic E-state index is 0.115. The Balaban J connectivity index is 1.75. The van der Waals surface area contributed by atoms with Gasteiger partial charge in [0.25, 0.3) is 5.91 Å². The maximum Gasteiger partial charge on any atom is 0.253 e. The topological polar surface area (TPSA) is 23.6 Å². The maximum absolute atomic E-state index is 12.8. The molecule has 22 heavy (non-hydrogen) atoms. The van der Waals surface area contributed by atoms with Gasteiger partial charge in [0.1, 0.15) is 0 Å². The number of halogens is 1. The van der Waals surface area contributed by atoms with Gasteiger partial charge in [-0.25, -0.2) is 0 Å². The summed E-state index contributed by atoms with van der Waals surface area (Å²) in [6, 6.07) is 8.37. The van der Waals surface area contributed by atoms with Gasteiger partial charge in [-0.2, -0.15) is 12.6 Å². The molecule has 0 radical (unpaired) electrons. The van der Waals surface area contributed by atoms with E-state index in [0.717, 1.165) is 22.9 Å². The molecule has 5 heteroatoms. The van der Waals surface area contributed by atoms with Crippen LogP contribution in [0, 0.1) is 0 Å². The molecule has 3 unspecified atom stereocenters. The summed E-state index contributed by atoms with van der Waals surface area (Å²) in [5.41, 5.74) is 0.758. The van der Waals surface area contributed by atoms with Crippen LogP contribution < -0.4 is 0 Å². The molecular weight excluding hydrogens is 360 g/mol. The van der Waals surface area contributed by atoms with Gasteiger partial charge in [0, 0.05) is 34.4 Å². The smallest absolute Gasteiger partial charge is 0.253 e. The van der Waals surface area contributed by atoms with Gasteiger partial charge >= 0.3 is 0 Å². The highest BCUT2D eigenvalue weighted by Crippen LogP contribution is 2.33. The first kappa shape index (κ1) is 16.3. The van der Waals surface area contributed by atoms with Crippen molar-refractivity contribution in [2.45, 2.75) is 43.0 Å². The standard InChI is InChI=1S/C17H23BrN2OS/c1-19(17(21)12-4-6-13(18)7-5-12)15-10-14(22)11-16(15)20-8-2-3-9-20/h4-7,14-16,22H,2-3,8-11H2,1H3. The lowest BCUT2D eigenvalue weighted by molar-refractivity contribution is 0.0646. The number of thiol groups is 1. The van der Waals surface area contributed by atoms with E-state index >= 15 is 0 Å². The number of amides is 1. The van der Waals surface area contributed by atoms with Gasteiger partial charge in [-0.3, -0.25) is 9.69 Å². The number of nitrogens with zero attached hydrogens (tertiary/aromatic N) is 2. The quantitative estimate of drug-likeness (QED) is 0.809. The van der Waals surface area contributed by atoms with Gasteiger partial charge in [0.2, 0.25) is 0 Å². The fourth-order valence-electron chi connectivity index (χ4n) is 3.80. The molecule has 1 saturated carbocycles. The zero-order valence-corrected chi connectivity index (χ0v) is 15.4. The zero-order chi connectivity index (χ0) is 15.7. The van der Waals surface area contributed by atoms with Gasteiger partial charge in [0.15, 0.2) is 0 Å². The predicted molar refractivity (Wildman–Crippen MR) is 96.6 cm³/mol. The summed E-state index contributed by atoms with van der Waals surface area (Å²) in [5.74, 6) is 0.115. The Morgan fingerprint density at radius 1 is 1.23 bits per heavy atom. The molecule has 0 aromatic heterocycles. The molecule has 0 bridgehead atoms. The number of likely N-dealkylation sites (N-methyl/N-ethyl adjacent to an activating group) is 1. The number of carbonyl (C=O) groups excluding carboxylic acids is 1. The molecule has 0 N–H and O–H groups in total. The SMILES string of the molecule is CN(C(=O)c1ccc(Br)cc1)C1CC(S)CC1N1CCCC1. The third-order valence-corrected chi connectivity index (χ3v) is 5.94. The van der Waals surface area contributed by atoms with Gasteiger partial charge < -0.3 is 4.90 Å². The Morgan fingerprint density at radius 3 is 2.50 bits per heavy atom. The number of rotatable bonds is 3. The number of carbonyl (C=O) groups is 1. The maximum atomic E-state index is 12.8. The number of benzene rings is 1. The zero-order valence-electron chi connectivity index (χ0n) is 12.9. The van der Waals surface area contributed by atoms with Crippen LogP contribution in [0.15, 0.2) is 28.7 Å². The molecular formula is C17H23BrN2OS. The second-order valence-electron chi connectivity index (χ2n) is 6.43. The van der Waals surface area contributed by atoms with Gasteiger partial charge in [0.05, 0.1) is 0 Å². The van der Waals surface area contributed by atoms with Crippen molar-refractivity contribution >= 4 is 34.5 Å². The van der Waals surface area contributed by atoms with Crippen LogP contribution in [0.2, 0.25) is 0 Å². The molecule has 120 valence electrons. The highest BCUT2D eigenvalue weighted by molar-refractivity contribution is 9.10. The van der Waals surface area contributed by atoms with Crippen molar-refractivity contribution in [2.24, 2.45) is 0 Å². The molecule has 3 nitrogen and oxygen atoms in total. The summed E-state index contributed by atoms with van der Waals surface area (Å²) in [5, 5.41) is 0.399. The first-order valence-electron chi connectivity index (χ1n) is 8.01. The second-order valence-corrected chi connectivity index (χ2v) is 8.07. The van der Waals surface area contributed by atoms with Gasteiger partial charge in [-0.15, -0.1) is 0 Å². The van der Waals surface area contributed by atoms with E-state index in [4.69, 9.17) is 12.6 Å². The van der Waals surface area contributed by atoms with E-state index in [1.807, 2.05) is 36.2 Å². The molecule has 2 aliphatic rings. The van der Waals surface area contributed by atoms with E-state index in [-0.39, 0.29) is 11.9 Å². The highest BCUT2D eigenvalue weighted by atomic mass is 79.9.